The van der Waals surface area contributed by atoms with Crippen molar-refractivity contribution in [1.29, 1.82) is 0 Å². The summed E-state index contributed by atoms with van der Waals surface area (Å²) in [7, 11) is -3.58. The number of hydrogen-bond acceptors (Lipinski definition) is 5. The van der Waals surface area contributed by atoms with E-state index in [1.807, 2.05) is 0 Å². The summed E-state index contributed by atoms with van der Waals surface area (Å²) in [5, 5.41) is 6.19. The van der Waals surface area contributed by atoms with Gasteiger partial charge in [-0.1, -0.05) is 12.1 Å². The summed E-state index contributed by atoms with van der Waals surface area (Å²) in [5.74, 6) is 0.0276. The SMILES string of the molecule is CC(N=C1NS(=O)(=O)c2ccccc21)C(=O)N[C@H]1CCCNC1. The Hall–Kier alpha value is -1.93. The van der Waals surface area contributed by atoms with E-state index >= 15 is 0 Å². The van der Waals surface area contributed by atoms with Crippen LogP contribution in [-0.2, 0) is 14.8 Å². The van der Waals surface area contributed by atoms with Crippen molar-refractivity contribution in [1.82, 2.24) is 15.4 Å². The van der Waals surface area contributed by atoms with Crippen molar-refractivity contribution >= 4 is 21.8 Å². The molecule has 1 unspecified atom stereocenters. The zero-order chi connectivity index (χ0) is 16.4. The molecule has 3 rings (SSSR count). The second-order valence-corrected chi connectivity index (χ2v) is 7.46. The van der Waals surface area contributed by atoms with Crippen LogP contribution in [-0.4, -0.2) is 45.3 Å². The maximum absolute atomic E-state index is 12.2. The molecular formula is C15H20N4O3S. The largest absolute Gasteiger partial charge is 0.350 e. The highest BCUT2D eigenvalue weighted by Crippen LogP contribution is 2.22. The lowest BCUT2D eigenvalue weighted by atomic mass is 10.1. The van der Waals surface area contributed by atoms with Gasteiger partial charge in [-0.15, -0.1) is 0 Å². The van der Waals surface area contributed by atoms with Gasteiger partial charge in [0.05, 0.1) is 4.90 Å². The number of rotatable bonds is 3. The zero-order valence-corrected chi connectivity index (χ0v) is 13.7. The first kappa shape index (κ1) is 15.9. The van der Waals surface area contributed by atoms with Crippen LogP contribution < -0.4 is 15.4 Å². The van der Waals surface area contributed by atoms with E-state index in [0.717, 1.165) is 25.9 Å². The van der Waals surface area contributed by atoms with Gasteiger partial charge in [-0.2, -0.15) is 0 Å². The molecule has 0 radical (unpaired) electrons. The molecule has 8 heteroatoms. The minimum atomic E-state index is -3.58. The minimum absolute atomic E-state index is 0.103. The molecule has 2 aliphatic heterocycles. The van der Waals surface area contributed by atoms with E-state index in [9.17, 15) is 13.2 Å². The van der Waals surface area contributed by atoms with Crippen LogP contribution in [0, 0.1) is 0 Å². The molecule has 2 aliphatic rings. The molecule has 3 N–H and O–H groups in total. The Kier molecular flexibility index (Phi) is 4.36. The van der Waals surface area contributed by atoms with E-state index in [1.54, 1.807) is 25.1 Å². The number of amidine groups is 1. The first-order valence-electron chi connectivity index (χ1n) is 7.68. The Bertz CT molecular complexity index is 739. The van der Waals surface area contributed by atoms with Crippen molar-refractivity contribution < 1.29 is 13.2 Å². The molecule has 1 saturated heterocycles. The fraction of sp³-hybridized carbons (Fsp3) is 0.467. The van der Waals surface area contributed by atoms with Gasteiger partial charge in [0.1, 0.15) is 11.9 Å². The van der Waals surface area contributed by atoms with Crippen LogP contribution >= 0.6 is 0 Å². The topological polar surface area (TPSA) is 99.7 Å². The number of aliphatic imine (C=N–C) groups is 1. The number of carbonyl (C=O) groups is 1. The third-order valence-electron chi connectivity index (χ3n) is 4.01. The van der Waals surface area contributed by atoms with E-state index in [2.05, 4.69) is 20.3 Å². The third kappa shape index (κ3) is 3.37. The van der Waals surface area contributed by atoms with Gasteiger partial charge in [0.2, 0.25) is 5.91 Å². The van der Waals surface area contributed by atoms with E-state index in [4.69, 9.17) is 0 Å². The van der Waals surface area contributed by atoms with Crippen LogP contribution in [0.2, 0.25) is 0 Å². The summed E-state index contributed by atoms with van der Waals surface area (Å²) in [6.07, 6.45) is 1.97. The zero-order valence-electron chi connectivity index (χ0n) is 12.9. The lowest BCUT2D eigenvalue weighted by Crippen LogP contribution is -2.48. The van der Waals surface area contributed by atoms with E-state index in [-0.39, 0.29) is 22.7 Å². The van der Waals surface area contributed by atoms with Crippen LogP contribution in [0.3, 0.4) is 0 Å². The number of sulfonamides is 1. The molecule has 23 heavy (non-hydrogen) atoms. The van der Waals surface area contributed by atoms with Gasteiger partial charge in [-0.05, 0) is 38.4 Å². The molecule has 1 fully saturated rings. The molecule has 0 aromatic heterocycles. The highest BCUT2D eigenvalue weighted by atomic mass is 32.2. The van der Waals surface area contributed by atoms with Gasteiger partial charge in [0.25, 0.3) is 10.0 Å². The Labute approximate surface area is 135 Å². The average molecular weight is 336 g/mol. The Morgan fingerprint density at radius 1 is 1.39 bits per heavy atom. The number of nitrogens with one attached hydrogen (secondary N) is 3. The average Bonchev–Trinajstić information content (AvgIpc) is 2.79. The lowest BCUT2D eigenvalue weighted by Gasteiger charge is -2.24. The highest BCUT2D eigenvalue weighted by molar-refractivity contribution is 7.90. The summed E-state index contributed by atoms with van der Waals surface area (Å²) in [4.78, 5) is 16.7. The first-order chi connectivity index (χ1) is 11.0. The van der Waals surface area contributed by atoms with E-state index in [0.29, 0.717) is 5.56 Å². The van der Waals surface area contributed by atoms with Gasteiger partial charge in [-0.25, -0.2) is 8.42 Å². The van der Waals surface area contributed by atoms with Crippen molar-refractivity contribution in [3.63, 3.8) is 0 Å². The Morgan fingerprint density at radius 2 is 2.17 bits per heavy atom. The molecule has 2 atom stereocenters. The number of piperidine rings is 1. The van der Waals surface area contributed by atoms with Crippen molar-refractivity contribution in [2.24, 2.45) is 4.99 Å². The van der Waals surface area contributed by atoms with Gasteiger partial charge in [0.15, 0.2) is 0 Å². The molecule has 1 aromatic rings. The fourth-order valence-corrected chi connectivity index (χ4v) is 4.02. The quantitative estimate of drug-likeness (QED) is 0.722. The fourth-order valence-electron chi connectivity index (χ4n) is 2.78. The summed E-state index contributed by atoms with van der Waals surface area (Å²) < 4.78 is 26.5. The number of nitrogens with zero attached hydrogens (tertiary/aromatic N) is 1. The molecule has 0 bridgehead atoms. The molecule has 1 aromatic carbocycles. The van der Waals surface area contributed by atoms with Crippen LogP contribution in [0.4, 0.5) is 0 Å². The second-order valence-electron chi connectivity index (χ2n) is 5.81. The van der Waals surface area contributed by atoms with Crippen LogP contribution in [0.25, 0.3) is 0 Å². The molecule has 0 spiro atoms. The molecule has 1 amide bonds. The van der Waals surface area contributed by atoms with Crippen molar-refractivity contribution in [2.45, 2.75) is 36.7 Å². The monoisotopic (exact) mass is 336 g/mol. The van der Waals surface area contributed by atoms with Crippen LogP contribution in [0.15, 0.2) is 34.2 Å². The van der Waals surface area contributed by atoms with Crippen molar-refractivity contribution in [3.8, 4) is 0 Å². The smallest absolute Gasteiger partial charge is 0.263 e. The van der Waals surface area contributed by atoms with Crippen LogP contribution in [0.1, 0.15) is 25.3 Å². The molecule has 0 saturated carbocycles. The van der Waals surface area contributed by atoms with E-state index in [1.165, 1.54) is 6.07 Å². The number of amides is 1. The van der Waals surface area contributed by atoms with E-state index < -0.39 is 16.1 Å². The van der Waals surface area contributed by atoms with Crippen molar-refractivity contribution in [3.05, 3.63) is 29.8 Å². The van der Waals surface area contributed by atoms with Crippen molar-refractivity contribution in [2.75, 3.05) is 13.1 Å². The number of benzene rings is 1. The first-order valence-corrected chi connectivity index (χ1v) is 9.17. The second kappa shape index (κ2) is 6.29. The highest BCUT2D eigenvalue weighted by Gasteiger charge is 2.31. The summed E-state index contributed by atoms with van der Waals surface area (Å²) in [5.41, 5.74) is 0.506. The molecular weight excluding hydrogens is 316 g/mol. The van der Waals surface area contributed by atoms with Gasteiger partial charge < -0.3 is 10.6 Å². The summed E-state index contributed by atoms with van der Waals surface area (Å²) >= 11 is 0. The van der Waals surface area contributed by atoms with Gasteiger partial charge in [-0.3, -0.25) is 14.5 Å². The molecule has 0 aliphatic carbocycles. The molecule has 124 valence electrons. The Balaban J connectivity index is 1.75. The number of fused-ring (bicyclic) bond motifs is 1. The normalized spacial score (nSPS) is 25.4. The number of hydrogen-bond donors (Lipinski definition) is 3. The predicted octanol–water partition coefficient (Wildman–Crippen LogP) is -0.0182. The van der Waals surface area contributed by atoms with Gasteiger partial charge in [0, 0.05) is 18.2 Å². The molecule has 7 nitrogen and oxygen atoms in total. The maximum Gasteiger partial charge on any atom is 0.263 e. The summed E-state index contributed by atoms with van der Waals surface area (Å²) in [6.45, 7) is 3.39. The third-order valence-corrected chi connectivity index (χ3v) is 5.41. The summed E-state index contributed by atoms with van der Waals surface area (Å²) in [6, 6.07) is 6.05. The maximum atomic E-state index is 12.2. The Morgan fingerprint density at radius 3 is 2.91 bits per heavy atom. The number of carbonyl (C=O) groups excluding carboxylic acids is 1. The van der Waals surface area contributed by atoms with Crippen LogP contribution in [0.5, 0.6) is 0 Å². The minimum Gasteiger partial charge on any atom is -0.350 e. The van der Waals surface area contributed by atoms with Gasteiger partial charge >= 0.3 is 0 Å². The standard InChI is InChI=1S/C15H20N4O3S/c1-10(15(20)18-11-5-4-8-16-9-11)17-14-12-6-2-3-7-13(12)23(21,22)19-14/h2-3,6-7,10-11,16H,4-5,8-9H2,1H3,(H,17,19)(H,18,20)/t10?,11-/m0/s1. The molecule has 2 heterocycles. The lowest BCUT2D eigenvalue weighted by molar-refractivity contribution is -0.122. The predicted molar refractivity (Wildman–Crippen MR) is 86.8 cm³/mol.